The highest BCUT2D eigenvalue weighted by molar-refractivity contribution is 5.59. The van der Waals surface area contributed by atoms with Gasteiger partial charge in [-0.25, -0.2) is 0 Å². The van der Waals surface area contributed by atoms with Gasteiger partial charge in [0.25, 0.3) is 0 Å². The van der Waals surface area contributed by atoms with E-state index >= 15 is 0 Å². The second-order valence-corrected chi connectivity index (χ2v) is 7.24. The van der Waals surface area contributed by atoms with Crippen LogP contribution in [-0.4, -0.2) is 34.9 Å². The second-order valence-electron chi connectivity index (χ2n) is 7.24. The summed E-state index contributed by atoms with van der Waals surface area (Å²) in [6.07, 6.45) is 3.85. The first kappa shape index (κ1) is 22.3. The van der Waals surface area contributed by atoms with E-state index in [2.05, 4.69) is 17.1 Å². The number of nitrogens with two attached hydrogens (primary N) is 1. The number of likely N-dealkylation sites (tertiary alicyclic amines) is 1. The van der Waals surface area contributed by atoms with Crippen LogP contribution in [0.4, 0.5) is 13.2 Å². The minimum absolute atomic E-state index is 0.0785. The van der Waals surface area contributed by atoms with E-state index in [9.17, 15) is 13.2 Å². The first-order valence-electron chi connectivity index (χ1n) is 10.2. The van der Waals surface area contributed by atoms with Crippen molar-refractivity contribution in [2.45, 2.75) is 51.2 Å². The number of aromatic nitrogens is 2. The Morgan fingerprint density at radius 1 is 1.33 bits per heavy atom. The number of alkyl halides is 3. The van der Waals surface area contributed by atoms with Crippen molar-refractivity contribution in [3.63, 3.8) is 0 Å². The molecule has 1 aromatic heterocycles. The molecule has 1 aliphatic heterocycles. The molecule has 164 valence electrons. The average Bonchev–Trinajstić information content (AvgIpc) is 3.38. The molecule has 1 saturated heterocycles. The Hall–Kier alpha value is -2.39. The highest BCUT2D eigenvalue weighted by atomic mass is 19.4. The second kappa shape index (κ2) is 10.1. The summed E-state index contributed by atoms with van der Waals surface area (Å²) in [6, 6.07) is 3.71. The molecule has 3 rings (SSSR count). The number of hydrogen-bond acceptors (Lipinski definition) is 6. The van der Waals surface area contributed by atoms with E-state index in [1.165, 1.54) is 12.1 Å². The fourth-order valence-corrected chi connectivity index (χ4v) is 3.47. The highest BCUT2D eigenvalue weighted by Gasteiger charge is 2.35. The molecule has 1 aromatic carbocycles. The van der Waals surface area contributed by atoms with Crippen LogP contribution in [0.2, 0.25) is 0 Å². The van der Waals surface area contributed by atoms with Crippen molar-refractivity contribution in [3.8, 4) is 17.1 Å². The normalized spacial score (nSPS) is 17.8. The van der Waals surface area contributed by atoms with Crippen LogP contribution in [0.3, 0.4) is 0 Å². The Kier molecular flexibility index (Phi) is 7.49. The number of ether oxygens (including phenoxy) is 1. The number of nitrogens with zero attached hydrogens (tertiary/aromatic N) is 3. The van der Waals surface area contributed by atoms with Crippen LogP contribution in [0.25, 0.3) is 11.4 Å². The number of unbranched alkanes of at least 4 members (excludes halogenated alkanes) is 2. The Labute approximate surface area is 173 Å². The van der Waals surface area contributed by atoms with Crippen molar-refractivity contribution in [3.05, 3.63) is 41.8 Å². The molecule has 1 atom stereocenters. The molecule has 2 N–H and O–H groups in total. The van der Waals surface area contributed by atoms with Crippen LogP contribution in [0.5, 0.6) is 5.75 Å². The molecule has 0 unspecified atom stereocenters. The monoisotopic (exact) mass is 424 g/mol. The first-order chi connectivity index (χ1) is 14.4. The third-order valence-electron chi connectivity index (χ3n) is 5.09. The van der Waals surface area contributed by atoms with Gasteiger partial charge in [-0.2, -0.15) is 18.2 Å². The third kappa shape index (κ3) is 5.40. The summed E-state index contributed by atoms with van der Waals surface area (Å²) < 4.78 is 51.4. The lowest BCUT2D eigenvalue weighted by molar-refractivity contribution is -0.138. The summed E-state index contributed by atoms with van der Waals surface area (Å²) in [5.74, 6) is 0.268. The largest absolute Gasteiger partial charge is 0.489 e. The van der Waals surface area contributed by atoms with E-state index in [-0.39, 0.29) is 29.8 Å². The van der Waals surface area contributed by atoms with Gasteiger partial charge in [0.05, 0.1) is 11.6 Å². The fraction of sp³-hybridized carbons (Fsp3) is 0.524. The van der Waals surface area contributed by atoms with Crippen molar-refractivity contribution < 1.29 is 22.4 Å². The van der Waals surface area contributed by atoms with Crippen molar-refractivity contribution in [1.82, 2.24) is 15.0 Å². The maximum absolute atomic E-state index is 13.6. The van der Waals surface area contributed by atoms with E-state index in [1.54, 1.807) is 6.08 Å². The summed E-state index contributed by atoms with van der Waals surface area (Å²) in [7, 11) is 0. The average molecular weight is 424 g/mol. The van der Waals surface area contributed by atoms with E-state index in [1.807, 2.05) is 11.0 Å². The van der Waals surface area contributed by atoms with Crippen LogP contribution in [0.15, 0.2) is 34.9 Å². The van der Waals surface area contributed by atoms with Crippen molar-refractivity contribution in [1.29, 1.82) is 0 Å². The predicted octanol–water partition coefficient (Wildman–Crippen LogP) is 4.93. The Bertz CT molecular complexity index is 851. The number of halogens is 3. The quantitative estimate of drug-likeness (QED) is 0.454. The molecule has 9 heteroatoms. The summed E-state index contributed by atoms with van der Waals surface area (Å²) >= 11 is 0. The lowest BCUT2D eigenvalue weighted by Gasteiger charge is -2.18. The number of allylic oxidation sites excluding steroid dienone is 1. The molecular formula is C21H27F3N4O2. The molecule has 2 aromatic rings. The van der Waals surface area contributed by atoms with Gasteiger partial charge in [0.15, 0.2) is 0 Å². The minimum Gasteiger partial charge on any atom is -0.489 e. The van der Waals surface area contributed by atoms with Crippen molar-refractivity contribution in [2.75, 3.05) is 19.8 Å². The lowest BCUT2D eigenvalue weighted by atomic mass is 10.1. The Balaban J connectivity index is 1.77. The molecule has 0 radical (unpaired) electrons. The van der Waals surface area contributed by atoms with Crippen molar-refractivity contribution in [2.24, 2.45) is 5.73 Å². The number of hydrogen-bond donors (Lipinski definition) is 1. The highest BCUT2D eigenvalue weighted by Crippen LogP contribution is 2.39. The molecule has 0 amide bonds. The van der Waals surface area contributed by atoms with Crippen molar-refractivity contribution >= 4 is 0 Å². The van der Waals surface area contributed by atoms with Crippen LogP contribution in [0, 0.1) is 0 Å². The Morgan fingerprint density at radius 2 is 2.17 bits per heavy atom. The molecule has 0 saturated carbocycles. The number of benzene rings is 1. The lowest BCUT2D eigenvalue weighted by Crippen LogP contribution is -2.29. The maximum atomic E-state index is 13.6. The van der Waals surface area contributed by atoms with E-state index in [0.29, 0.717) is 12.6 Å². The van der Waals surface area contributed by atoms with Gasteiger partial charge >= 0.3 is 6.18 Å². The molecular weight excluding hydrogens is 397 g/mol. The zero-order chi connectivity index (χ0) is 21.6. The molecule has 30 heavy (non-hydrogen) atoms. The minimum atomic E-state index is -4.56. The molecule has 1 aliphatic rings. The van der Waals surface area contributed by atoms with Gasteiger partial charge in [-0.05, 0) is 37.5 Å². The van der Waals surface area contributed by atoms with Crippen LogP contribution < -0.4 is 10.5 Å². The fourth-order valence-electron chi connectivity index (χ4n) is 3.47. The van der Waals surface area contributed by atoms with E-state index in [4.69, 9.17) is 15.0 Å². The summed E-state index contributed by atoms with van der Waals surface area (Å²) in [6.45, 7) is 3.35. The zero-order valence-electron chi connectivity index (χ0n) is 17.0. The third-order valence-corrected chi connectivity index (χ3v) is 5.09. The zero-order valence-corrected chi connectivity index (χ0v) is 17.0. The van der Waals surface area contributed by atoms with Crippen LogP contribution >= 0.6 is 0 Å². The molecule has 6 nitrogen and oxygen atoms in total. The van der Waals surface area contributed by atoms with Gasteiger partial charge in [-0.3, -0.25) is 4.90 Å². The molecule has 2 heterocycles. The first-order valence-corrected chi connectivity index (χ1v) is 10.2. The van der Waals surface area contributed by atoms with Gasteiger partial charge in [-0.15, -0.1) is 0 Å². The smallest absolute Gasteiger partial charge is 0.419 e. The molecule has 0 bridgehead atoms. The van der Waals surface area contributed by atoms with Crippen LogP contribution in [0.1, 0.15) is 56.5 Å². The van der Waals surface area contributed by atoms with Gasteiger partial charge in [0.2, 0.25) is 11.7 Å². The summed E-state index contributed by atoms with van der Waals surface area (Å²) in [4.78, 5) is 6.33. The molecule has 0 spiro atoms. The SMILES string of the molecule is CCCC/C=C/COc1ccc(-c2noc([C@@H]3CCCN3CN)n2)cc1C(F)(F)F. The van der Waals surface area contributed by atoms with Gasteiger partial charge in [0.1, 0.15) is 12.4 Å². The summed E-state index contributed by atoms with van der Waals surface area (Å²) in [5, 5.41) is 3.88. The van der Waals surface area contributed by atoms with Gasteiger partial charge < -0.3 is 15.0 Å². The van der Waals surface area contributed by atoms with Gasteiger partial charge in [0, 0.05) is 18.8 Å². The summed E-state index contributed by atoms with van der Waals surface area (Å²) in [5.41, 5.74) is 5.09. The predicted molar refractivity (Wildman–Crippen MR) is 107 cm³/mol. The standard InChI is InChI=1S/C21H27F3N4O2/c1-2-3-4-5-6-12-29-18-10-9-15(13-16(18)21(22,23)24)19-26-20(30-27-19)17-8-7-11-28(17)14-25/h5-6,9-10,13,17H,2-4,7-8,11-12,14,25H2,1H3/b6-5+/t17-/m0/s1. The number of rotatable bonds is 9. The van der Waals surface area contributed by atoms with E-state index in [0.717, 1.165) is 44.7 Å². The van der Waals surface area contributed by atoms with Crippen LogP contribution in [-0.2, 0) is 6.18 Å². The maximum Gasteiger partial charge on any atom is 0.419 e. The van der Waals surface area contributed by atoms with Gasteiger partial charge in [-0.1, -0.05) is 37.1 Å². The topological polar surface area (TPSA) is 77.4 Å². The van der Waals surface area contributed by atoms with E-state index < -0.39 is 11.7 Å². The Morgan fingerprint density at radius 3 is 2.90 bits per heavy atom. The molecule has 1 fully saturated rings. The molecule has 0 aliphatic carbocycles.